The van der Waals surface area contributed by atoms with Crippen molar-refractivity contribution in [3.63, 3.8) is 0 Å². The SMILES string of the molecule is O[C@@H](c1ccccc1)C1(Br)[C@@H]2CCCC[C@@H]21. The summed E-state index contributed by atoms with van der Waals surface area (Å²) < 4.78 is -0.0230. The molecule has 1 unspecified atom stereocenters. The standard InChI is InChI=1S/C14H17BrO/c15-14(11-8-4-5-9-12(11)14)13(16)10-6-2-1-3-7-10/h1-3,6-7,11-13,16H,4-5,8-9H2/t11-,12+,13-,14?/m0/s1. The van der Waals surface area contributed by atoms with E-state index in [1.807, 2.05) is 30.3 Å². The van der Waals surface area contributed by atoms with Crippen LogP contribution < -0.4 is 0 Å². The van der Waals surface area contributed by atoms with Crippen LogP contribution in [0, 0.1) is 11.8 Å². The molecule has 0 bridgehead atoms. The maximum Gasteiger partial charge on any atom is 0.0948 e. The Bertz CT molecular complexity index is 364. The zero-order valence-corrected chi connectivity index (χ0v) is 10.9. The Morgan fingerprint density at radius 1 is 1.12 bits per heavy atom. The summed E-state index contributed by atoms with van der Waals surface area (Å²) in [5.74, 6) is 1.38. The summed E-state index contributed by atoms with van der Waals surface area (Å²) in [7, 11) is 0. The molecule has 16 heavy (non-hydrogen) atoms. The lowest BCUT2D eigenvalue weighted by Crippen LogP contribution is -2.17. The molecule has 1 N–H and O–H groups in total. The second kappa shape index (κ2) is 3.85. The normalized spacial score (nSPS) is 38.9. The highest BCUT2D eigenvalue weighted by molar-refractivity contribution is 9.10. The average Bonchev–Trinajstić information content (AvgIpc) is 2.98. The molecule has 1 nitrogen and oxygen atoms in total. The third-order valence-electron chi connectivity index (χ3n) is 4.33. The topological polar surface area (TPSA) is 20.2 Å². The van der Waals surface area contributed by atoms with Crippen molar-refractivity contribution in [2.24, 2.45) is 11.8 Å². The summed E-state index contributed by atoms with van der Waals surface area (Å²) in [6.45, 7) is 0. The minimum absolute atomic E-state index is 0.0230. The van der Waals surface area contributed by atoms with Crippen molar-refractivity contribution in [1.29, 1.82) is 0 Å². The Kier molecular flexibility index (Phi) is 2.60. The van der Waals surface area contributed by atoms with Crippen molar-refractivity contribution >= 4 is 15.9 Å². The smallest absolute Gasteiger partial charge is 0.0948 e. The van der Waals surface area contributed by atoms with E-state index in [2.05, 4.69) is 15.9 Å². The molecule has 86 valence electrons. The highest BCUT2D eigenvalue weighted by Crippen LogP contribution is 2.68. The molecule has 3 rings (SSSR count). The second-order valence-electron chi connectivity index (χ2n) is 5.14. The number of fused-ring (bicyclic) bond motifs is 1. The Morgan fingerprint density at radius 3 is 2.25 bits per heavy atom. The lowest BCUT2D eigenvalue weighted by atomic mass is 10.0. The first-order chi connectivity index (χ1) is 7.74. The number of alkyl halides is 1. The molecule has 0 aromatic heterocycles. The van der Waals surface area contributed by atoms with Gasteiger partial charge in [-0.25, -0.2) is 0 Å². The van der Waals surface area contributed by atoms with Gasteiger partial charge in [-0.15, -0.1) is 0 Å². The van der Waals surface area contributed by atoms with E-state index in [4.69, 9.17) is 0 Å². The van der Waals surface area contributed by atoms with Gasteiger partial charge in [0, 0.05) is 0 Å². The van der Waals surface area contributed by atoms with E-state index in [0.29, 0.717) is 11.8 Å². The molecule has 4 atom stereocenters. The van der Waals surface area contributed by atoms with Crippen LogP contribution >= 0.6 is 15.9 Å². The lowest BCUT2D eigenvalue weighted by Gasteiger charge is -2.18. The first kappa shape index (κ1) is 10.8. The third kappa shape index (κ3) is 1.46. The summed E-state index contributed by atoms with van der Waals surface area (Å²) in [4.78, 5) is 0. The number of aliphatic hydroxyl groups excluding tert-OH is 1. The van der Waals surface area contributed by atoms with Crippen LogP contribution in [0.2, 0.25) is 0 Å². The van der Waals surface area contributed by atoms with E-state index < -0.39 is 0 Å². The molecule has 2 fully saturated rings. The first-order valence-electron chi connectivity index (χ1n) is 6.16. The Labute approximate surface area is 105 Å². The predicted molar refractivity (Wildman–Crippen MR) is 68.5 cm³/mol. The predicted octanol–water partition coefficient (Wildman–Crippen LogP) is 3.67. The fraction of sp³-hybridized carbons (Fsp3) is 0.571. The Balaban J connectivity index is 1.83. The average molecular weight is 281 g/mol. The second-order valence-corrected chi connectivity index (χ2v) is 6.51. The number of rotatable bonds is 2. The van der Waals surface area contributed by atoms with E-state index in [1.54, 1.807) is 0 Å². The third-order valence-corrected chi connectivity index (χ3v) is 5.94. The molecule has 1 aromatic rings. The van der Waals surface area contributed by atoms with Crippen molar-refractivity contribution in [3.8, 4) is 0 Å². The largest absolute Gasteiger partial charge is 0.387 e. The van der Waals surface area contributed by atoms with Crippen LogP contribution in [0.5, 0.6) is 0 Å². The zero-order valence-electron chi connectivity index (χ0n) is 9.27. The number of hydrogen-bond acceptors (Lipinski definition) is 1. The summed E-state index contributed by atoms with van der Waals surface area (Å²) in [5, 5.41) is 10.5. The summed E-state index contributed by atoms with van der Waals surface area (Å²) in [6, 6.07) is 10.1. The van der Waals surface area contributed by atoms with Crippen molar-refractivity contribution < 1.29 is 5.11 Å². The van der Waals surface area contributed by atoms with E-state index in [1.165, 1.54) is 25.7 Å². The van der Waals surface area contributed by atoms with Gasteiger partial charge in [0.2, 0.25) is 0 Å². The molecule has 0 amide bonds. The zero-order chi connectivity index (χ0) is 11.2. The van der Waals surface area contributed by atoms with Crippen LogP contribution in [-0.2, 0) is 0 Å². The first-order valence-corrected chi connectivity index (χ1v) is 6.96. The van der Waals surface area contributed by atoms with Gasteiger partial charge in [-0.1, -0.05) is 59.1 Å². The lowest BCUT2D eigenvalue weighted by molar-refractivity contribution is 0.159. The fourth-order valence-electron chi connectivity index (χ4n) is 3.39. The fourth-order valence-corrected chi connectivity index (χ4v) is 4.62. The summed E-state index contributed by atoms with van der Waals surface area (Å²) in [6.07, 6.45) is 4.87. The molecule has 2 heteroatoms. The quantitative estimate of drug-likeness (QED) is 0.820. The van der Waals surface area contributed by atoms with Gasteiger partial charge in [0.05, 0.1) is 10.4 Å². The molecule has 2 aliphatic rings. The maximum absolute atomic E-state index is 10.5. The van der Waals surface area contributed by atoms with Gasteiger partial charge in [0.25, 0.3) is 0 Å². The Morgan fingerprint density at radius 2 is 1.69 bits per heavy atom. The maximum atomic E-state index is 10.5. The minimum atomic E-state index is -0.346. The van der Waals surface area contributed by atoms with Crippen LogP contribution in [0.1, 0.15) is 37.4 Å². The summed E-state index contributed by atoms with van der Waals surface area (Å²) >= 11 is 3.84. The van der Waals surface area contributed by atoms with Crippen molar-refractivity contribution in [2.45, 2.75) is 36.1 Å². The molecule has 0 saturated heterocycles. The number of benzene rings is 1. The monoisotopic (exact) mass is 280 g/mol. The molecule has 0 heterocycles. The highest BCUT2D eigenvalue weighted by Gasteiger charge is 2.66. The minimum Gasteiger partial charge on any atom is -0.387 e. The molecule has 0 radical (unpaired) electrons. The number of hydrogen-bond donors (Lipinski definition) is 1. The van der Waals surface area contributed by atoms with Crippen LogP contribution in [0.25, 0.3) is 0 Å². The van der Waals surface area contributed by atoms with Crippen molar-refractivity contribution in [3.05, 3.63) is 35.9 Å². The van der Waals surface area contributed by atoms with Gasteiger partial charge >= 0.3 is 0 Å². The van der Waals surface area contributed by atoms with E-state index >= 15 is 0 Å². The molecular weight excluding hydrogens is 264 g/mol. The van der Waals surface area contributed by atoms with E-state index in [0.717, 1.165) is 5.56 Å². The van der Waals surface area contributed by atoms with Crippen LogP contribution in [0.4, 0.5) is 0 Å². The molecule has 1 aromatic carbocycles. The van der Waals surface area contributed by atoms with Gasteiger partial charge in [-0.05, 0) is 30.2 Å². The van der Waals surface area contributed by atoms with Gasteiger partial charge in [0.15, 0.2) is 0 Å². The van der Waals surface area contributed by atoms with Gasteiger partial charge < -0.3 is 5.11 Å². The molecular formula is C14H17BrO. The van der Waals surface area contributed by atoms with E-state index in [-0.39, 0.29) is 10.4 Å². The summed E-state index contributed by atoms with van der Waals surface area (Å²) in [5.41, 5.74) is 1.05. The van der Waals surface area contributed by atoms with Gasteiger partial charge in [0.1, 0.15) is 0 Å². The highest BCUT2D eigenvalue weighted by atomic mass is 79.9. The number of aliphatic hydroxyl groups is 1. The van der Waals surface area contributed by atoms with E-state index in [9.17, 15) is 5.11 Å². The molecule has 2 aliphatic carbocycles. The van der Waals surface area contributed by atoms with Crippen LogP contribution in [-0.4, -0.2) is 9.43 Å². The Hall–Kier alpha value is -0.340. The van der Waals surface area contributed by atoms with Gasteiger partial charge in [-0.2, -0.15) is 0 Å². The van der Waals surface area contributed by atoms with Crippen molar-refractivity contribution in [1.82, 2.24) is 0 Å². The molecule has 2 saturated carbocycles. The van der Waals surface area contributed by atoms with Crippen LogP contribution in [0.3, 0.4) is 0 Å². The van der Waals surface area contributed by atoms with Crippen molar-refractivity contribution in [2.75, 3.05) is 0 Å². The van der Waals surface area contributed by atoms with Crippen LogP contribution in [0.15, 0.2) is 30.3 Å². The van der Waals surface area contributed by atoms with Gasteiger partial charge in [-0.3, -0.25) is 0 Å². The molecule has 0 aliphatic heterocycles. The molecule has 0 spiro atoms. The number of halogens is 1.